The standard InChI is InChI=1S/C11H19N5O3S/c1-3-16-11(13-14-15-16)20-8-9(17)12-7-5-6-10(18)19-4-2/h3-8H2,1-2H3,(H,12,17). The molecule has 1 N–H and O–H groups in total. The van der Waals surface area contributed by atoms with E-state index in [1.54, 1.807) is 11.6 Å². The van der Waals surface area contributed by atoms with Crippen LogP contribution in [0.5, 0.6) is 0 Å². The van der Waals surface area contributed by atoms with Gasteiger partial charge in [0.1, 0.15) is 0 Å². The Balaban J connectivity index is 2.13. The van der Waals surface area contributed by atoms with Gasteiger partial charge in [0.15, 0.2) is 0 Å². The van der Waals surface area contributed by atoms with E-state index in [2.05, 4.69) is 20.8 Å². The molecule has 0 atom stereocenters. The highest BCUT2D eigenvalue weighted by Crippen LogP contribution is 2.12. The largest absolute Gasteiger partial charge is 0.466 e. The second kappa shape index (κ2) is 9.29. The Hall–Kier alpha value is -1.64. The third-order valence-corrected chi connectivity index (χ3v) is 3.27. The predicted octanol–water partition coefficient (Wildman–Crippen LogP) is 0.245. The van der Waals surface area contributed by atoms with Gasteiger partial charge < -0.3 is 10.1 Å². The lowest BCUT2D eigenvalue weighted by Gasteiger charge is -2.05. The smallest absolute Gasteiger partial charge is 0.305 e. The number of hydrogen-bond acceptors (Lipinski definition) is 7. The molecule has 1 aromatic heterocycles. The van der Waals surface area contributed by atoms with Gasteiger partial charge in [-0.3, -0.25) is 9.59 Å². The third-order valence-electron chi connectivity index (χ3n) is 2.32. The lowest BCUT2D eigenvalue weighted by molar-refractivity contribution is -0.143. The first-order chi connectivity index (χ1) is 9.67. The Morgan fingerprint density at radius 2 is 2.20 bits per heavy atom. The zero-order valence-corrected chi connectivity index (χ0v) is 12.5. The zero-order chi connectivity index (χ0) is 14.8. The third kappa shape index (κ3) is 6.00. The molecule has 0 saturated heterocycles. The number of ether oxygens (including phenoxy) is 1. The van der Waals surface area contributed by atoms with Gasteiger partial charge in [0, 0.05) is 19.5 Å². The predicted molar refractivity (Wildman–Crippen MR) is 73.1 cm³/mol. The van der Waals surface area contributed by atoms with Crippen LogP contribution in [0.3, 0.4) is 0 Å². The molecule has 0 aliphatic heterocycles. The van der Waals surface area contributed by atoms with Crippen LogP contribution in [0.2, 0.25) is 0 Å². The summed E-state index contributed by atoms with van der Waals surface area (Å²) in [4.78, 5) is 22.7. The number of esters is 1. The van der Waals surface area contributed by atoms with Crippen molar-refractivity contribution >= 4 is 23.6 Å². The molecule has 1 amide bonds. The number of thioether (sulfide) groups is 1. The number of carbonyl (C=O) groups is 2. The summed E-state index contributed by atoms with van der Waals surface area (Å²) < 4.78 is 6.41. The average molecular weight is 301 g/mol. The molecule has 0 bridgehead atoms. The van der Waals surface area contributed by atoms with Crippen LogP contribution in [-0.4, -0.2) is 51.0 Å². The number of hydrogen-bond donors (Lipinski definition) is 1. The van der Waals surface area contributed by atoms with E-state index >= 15 is 0 Å². The van der Waals surface area contributed by atoms with Gasteiger partial charge in [-0.15, -0.1) is 5.10 Å². The number of amides is 1. The van der Waals surface area contributed by atoms with Crippen LogP contribution in [0, 0.1) is 0 Å². The quantitative estimate of drug-likeness (QED) is 0.396. The molecule has 1 aromatic rings. The molecule has 9 heteroatoms. The number of aromatic nitrogens is 4. The first kappa shape index (κ1) is 16.4. The van der Waals surface area contributed by atoms with Gasteiger partial charge in [0.2, 0.25) is 11.1 Å². The van der Waals surface area contributed by atoms with Crippen LogP contribution in [0.25, 0.3) is 0 Å². The van der Waals surface area contributed by atoms with Crippen molar-refractivity contribution in [3.63, 3.8) is 0 Å². The highest BCUT2D eigenvalue weighted by atomic mass is 32.2. The van der Waals surface area contributed by atoms with Crippen molar-refractivity contribution in [2.45, 2.75) is 38.4 Å². The zero-order valence-electron chi connectivity index (χ0n) is 11.7. The lowest BCUT2D eigenvalue weighted by atomic mass is 10.3. The van der Waals surface area contributed by atoms with Gasteiger partial charge in [-0.25, -0.2) is 4.68 Å². The van der Waals surface area contributed by atoms with Crippen molar-refractivity contribution in [1.82, 2.24) is 25.5 Å². The number of aryl methyl sites for hydroxylation is 1. The minimum atomic E-state index is -0.238. The lowest BCUT2D eigenvalue weighted by Crippen LogP contribution is -2.26. The van der Waals surface area contributed by atoms with Crippen LogP contribution in [0.1, 0.15) is 26.7 Å². The van der Waals surface area contributed by atoms with Crippen molar-refractivity contribution in [2.24, 2.45) is 0 Å². The second-order valence-electron chi connectivity index (χ2n) is 3.82. The minimum absolute atomic E-state index is 0.107. The van der Waals surface area contributed by atoms with E-state index in [0.29, 0.717) is 37.7 Å². The van der Waals surface area contributed by atoms with Gasteiger partial charge in [-0.05, 0) is 30.7 Å². The van der Waals surface area contributed by atoms with Crippen LogP contribution in [0.15, 0.2) is 5.16 Å². The topological polar surface area (TPSA) is 99.0 Å². The van der Waals surface area contributed by atoms with Crippen LogP contribution < -0.4 is 5.32 Å². The number of nitrogens with zero attached hydrogens (tertiary/aromatic N) is 4. The minimum Gasteiger partial charge on any atom is -0.466 e. The summed E-state index contributed by atoms with van der Waals surface area (Å²) in [7, 11) is 0. The number of tetrazole rings is 1. The molecule has 112 valence electrons. The van der Waals surface area contributed by atoms with E-state index in [0.717, 1.165) is 0 Å². The first-order valence-electron chi connectivity index (χ1n) is 6.48. The highest BCUT2D eigenvalue weighted by Gasteiger charge is 2.08. The van der Waals surface area contributed by atoms with Crippen LogP contribution in [0.4, 0.5) is 0 Å². The molecule has 0 aliphatic rings. The van der Waals surface area contributed by atoms with Gasteiger partial charge in [-0.2, -0.15) is 0 Å². The van der Waals surface area contributed by atoms with Crippen molar-refractivity contribution in [2.75, 3.05) is 18.9 Å². The maximum atomic E-state index is 11.6. The van der Waals surface area contributed by atoms with E-state index in [1.165, 1.54) is 11.8 Å². The Labute approximate surface area is 121 Å². The summed E-state index contributed by atoms with van der Waals surface area (Å²) in [5, 5.41) is 14.5. The Kier molecular flexibility index (Phi) is 7.63. The van der Waals surface area contributed by atoms with Crippen molar-refractivity contribution in [3.8, 4) is 0 Å². The first-order valence-corrected chi connectivity index (χ1v) is 7.47. The molecule has 20 heavy (non-hydrogen) atoms. The van der Waals surface area contributed by atoms with Crippen molar-refractivity contribution in [3.05, 3.63) is 0 Å². The molecule has 1 rings (SSSR count). The maximum Gasteiger partial charge on any atom is 0.305 e. The van der Waals surface area contributed by atoms with Crippen LogP contribution in [-0.2, 0) is 20.9 Å². The molecule has 0 unspecified atom stereocenters. The summed E-state index contributed by atoms with van der Waals surface area (Å²) in [6.45, 7) is 5.19. The van der Waals surface area contributed by atoms with E-state index in [1.807, 2.05) is 6.92 Å². The molecule has 0 aromatic carbocycles. The van der Waals surface area contributed by atoms with Gasteiger partial charge in [0.25, 0.3) is 0 Å². The molecule has 0 aliphatic carbocycles. The van der Waals surface area contributed by atoms with Crippen molar-refractivity contribution < 1.29 is 14.3 Å². The molecule has 0 fully saturated rings. The monoisotopic (exact) mass is 301 g/mol. The molecular formula is C11H19N5O3S. The SMILES string of the molecule is CCOC(=O)CCCNC(=O)CSc1nnnn1CC. The van der Waals surface area contributed by atoms with E-state index < -0.39 is 0 Å². The second-order valence-corrected chi connectivity index (χ2v) is 4.77. The molecular weight excluding hydrogens is 282 g/mol. The summed E-state index contributed by atoms with van der Waals surface area (Å²) in [5.41, 5.74) is 0. The fraction of sp³-hybridized carbons (Fsp3) is 0.727. The fourth-order valence-electron chi connectivity index (χ4n) is 1.37. The van der Waals surface area contributed by atoms with Gasteiger partial charge in [0.05, 0.1) is 12.4 Å². The molecule has 0 radical (unpaired) electrons. The summed E-state index contributed by atoms with van der Waals surface area (Å²) >= 11 is 1.28. The summed E-state index contributed by atoms with van der Waals surface area (Å²) in [5.74, 6) is -0.0949. The maximum absolute atomic E-state index is 11.6. The fourth-order valence-corrected chi connectivity index (χ4v) is 2.14. The number of carbonyl (C=O) groups excluding carboxylic acids is 2. The van der Waals surface area contributed by atoms with Crippen molar-refractivity contribution in [1.29, 1.82) is 0 Å². The van der Waals surface area contributed by atoms with E-state index in [9.17, 15) is 9.59 Å². The average Bonchev–Trinajstić information content (AvgIpc) is 2.89. The Morgan fingerprint density at radius 1 is 1.40 bits per heavy atom. The van der Waals surface area contributed by atoms with Gasteiger partial charge >= 0.3 is 5.97 Å². The van der Waals surface area contributed by atoms with Gasteiger partial charge in [-0.1, -0.05) is 11.8 Å². The Bertz CT molecular complexity index is 437. The van der Waals surface area contributed by atoms with E-state index in [-0.39, 0.29) is 17.6 Å². The van der Waals surface area contributed by atoms with E-state index in [4.69, 9.17) is 4.74 Å². The molecule has 0 saturated carbocycles. The summed E-state index contributed by atoms with van der Waals surface area (Å²) in [6, 6.07) is 0. The number of rotatable bonds is 9. The number of nitrogens with one attached hydrogen (secondary N) is 1. The highest BCUT2D eigenvalue weighted by molar-refractivity contribution is 7.99. The Morgan fingerprint density at radius 3 is 2.90 bits per heavy atom. The summed E-state index contributed by atoms with van der Waals surface area (Å²) in [6.07, 6.45) is 0.886. The normalized spacial score (nSPS) is 10.3. The van der Waals surface area contributed by atoms with Crippen LogP contribution >= 0.6 is 11.8 Å². The molecule has 8 nitrogen and oxygen atoms in total. The molecule has 1 heterocycles. The molecule has 0 spiro atoms.